The molecule has 18 nitrogen and oxygen atoms in total. The van der Waals surface area contributed by atoms with Gasteiger partial charge in [-0.25, -0.2) is 0 Å². The van der Waals surface area contributed by atoms with E-state index in [9.17, 15) is 33.6 Å². The van der Waals surface area contributed by atoms with Gasteiger partial charge in [0.15, 0.2) is 0 Å². The Balaban J connectivity index is 3.00. The van der Waals surface area contributed by atoms with Crippen LogP contribution in [0.15, 0.2) is 0 Å². The van der Waals surface area contributed by atoms with Crippen LogP contribution in [0.2, 0.25) is 0 Å². The second-order valence-corrected chi connectivity index (χ2v) is 17.5. The summed E-state index contributed by atoms with van der Waals surface area (Å²) in [7, 11) is 0. The molecule has 1 aliphatic rings. The second kappa shape index (κ2) is 24.8. The third kappa shape index (κ3) is 28.2. The van der Waals surface area contributed by atoms with Gasteiger partial charge in [-0.1, -0.05) is 6.42 Å². The molecule has 0 aliphatic carbocycles. The van der Waals surface area contributed by atoms with E-state index in [1.54, 1.807) is 62.3 Å². The van der Waals surface area contributed by atoms with E-state index < -0.39 is 53.5 Å². The number of hydrogen-bond acceptors (Lipinski definition) is 14. The zero-order chi connectivity index (χ0) is 43.4. The molecule has 1 aliphatic heterocycles. The summed E-state index contributed by atoms with van der Waals surface area (Å²) in [5, 5.41) is 23.3. The number of nitrogens with one attached hydrogen (secondary N) is 2. The van der Waals surface area contributed by atoms with Gasteiger partial charge in [-0.05, 0) is 75.2 Å². The Morgan fingerprint density at radius 3 is 1.16 bits per heavy atom. The first-order valence-electron chi connectivity index (χ1n) is 19.8. The topological polar surface area (TPSA) is 225 Å². The Kier molecular flexibility index (Phi) is 22.3. The number of rotatable bonds is 19. The fourth-order valence-electron chi connectivity index (χ4n) is 5.85. The fourth-order valence-corrected chi connectivity index (χ4v) is 5.85. The normalized spacial score (nSPS) is 16.2. The Morgan fingerprint density at radius 1 is 0.509 bits per heavy atom. The molecule has 1 saturated heterocycles. The summed E-state index contributed by atoms with van der Waals surface area (Å²) in [6.45, 7) is 20.1. The van der Waals surface area contributed by atoms with Gasteiger partial charge in [-0.15, -0.1) is 0 Å². The smallest absolute Gasteiger partial charge is 0.320 e. The molecule has 4 N–H and O–H groups in total. The first-order valence-corrected chi connectivity index (χ1v) is 19.8. The maximum atomic E-state index is 13.2. The van der Waals surface area contributed by atoms with E-state index in [-0.39, 0.29) is 56.4 Å². The minimum Gasteiger partial charge on any atom is -0.481 e. The zero-order valence-electron chi connectivity index (χ0n) is 35.8. The highest BCUT2D eigenvalue weighted by molar-refractivity contribution is 5.79. The molecule has 57 heavy (non-hydrogen) atoms. The standard InChI is InChI=1S/C39H70N6O12/c1-37(2,3)55-34(52)26-43-17-15-42(25-31(47)40-14-12-10-11-13-30(46)41-29(23-32(48)49)24-33(50)51)16-18-44(27-35(53)56-38(4,5)6)20-22-45(21-19-43)28-36(54)57-39(7,8)9/h29H,10-28H2,1-9H3,(H,40,47)(H,41,46)(H,48,49)(H,50,51). The van der Waals surface area contributed by atoms with Crippen molar-refractivity contribution in [3.8, 4) is 0 Å². The van der Waals surface area contributed by atoms with Crippen molar-refractivity contribution in [1.29, 1.82) is 0 Å². The third-order valence-electron chi connectivity index (χ3n) is 8.23. The molecule has 0 aromatic carbocycles. The number of nitrogens with zero attached hydrogens (tertiary/aromatic N) is 4. The highest BCUT2D eigenvalue weighted by Gasteiger charge is 2.26. The minimum atomic E-state index is -1.20. The minimum absolute atomic E-state index is 0.0140. The number of carboxylic acids is 2. The number of aliphatic carboxylic acids is 2. The van der Waals surface area contributed by atoms with Crippen LogP contribution < -0.4 is 10.6 Å². The summed E-state index contributed by atoms with van der Waals surface area (Å²) in [4.78, 5) is 94.0. The van der Waals surface area contributed by atoms with Crippen molar-refractivity contribution in [2.24, 2.45) is 0 Å². The van der Waals surface area contributed by atoms with Crippen molar-refractivity contribution in [1.82, 2.24) is 30.2 Å². The van der Waals surface area contributed by atoms with Gasteiger partial charge in [-0.3, -0.25) is 53.2 Å². The molecule has 0 atom stereocenters. The molecular formula is C39H70N6O12. The monoisotopic (exact) mass is 815 g/mol. The molecule has 328 valence electrons. The third-order valence-corrected chi connectivity index (χ3v) is 8.23. The molecule has 1 rings (SSSR count). The number of amides is 2. The summed E-state index contributed by atoms with van der Waals surface area (Å²) in [5.41, 5.74) is -2.01. The van der Waals surface area contributed by atoms with Gasteiger partial charge in [-0.2, -0.15) is 0 Å². The van der Waals surface area contributed by atoms with Crippen LogP contribution >= 0.6 is 0 Å². The number of esters is 3. The molecule has 0 aromatic rings. The predicted molar refractivity (Wildman–Crippen MR) is 211 cm³/mol. The van der Waals surface area contributed by atoms with Gasteiger partial charge < -0.3 is 35.1 Å². The van der Waals surface area contributed by atoms with Crippen molar-refractivity contribution >= 4 is 41.7 Å². The fraction of sp³-hybridized carbons (Fsp3) is 0.821. The molecular weight excluding hydrogens is 744 g/mol. The molecule has 0 spiro atoms. The van der Waals surface area contributed by atoms with Crippen molar-refractivity contribution in [3.05, 3.63) is 0 Å². The lowest BCUT2D eigenvalue weighted by atomic mass is 10.1. The van der Waals surface area contributed by atoms with Crippen LogP contribution in [-0.2, 0) is 47.8 Å². The lowest BCUT2D eigenvalue weighted by Gasteiger charge is -2.34. The number of ether oxygens (including phenoxy) is 3. The van der Waals surface area contributed by atoms with Gasteiger partial charge in [0.1, 0.15) is 16.8 Å². The van der Waals surface area contributed by atoms with Gasteiger partial charge in [0.25, 0.3) is 0 Å². The highest BCUT2D eigenvalue weighted by atomic mass is 16.6. The molecule has 1 fully saturated rings. The van der Waals surface area contributed by atoms with E-state index in [0.29, 0.717) is 78.2 Å². The number of hydrogen-bond donors (Lipinski definition) is 4. The summed E-state index contributed by atoms with van der Waals surface area (Å²) in [6, 6.07) is -0.995. The Hall–Kier alpha value is -3.87. The van der Waals surface area contributed by atoms with Crippen LogP contribution in [0.25, 0.3) is 0 Å². The number of carboxylic acid groups (broad SMARTS) is 2. The summed E-state index contributed by atoms with van der Waals surface area (Å²) >= 11 is 0. The maximum absolute atomic E-state index is 13.2. The number of unbranched alkanes of at least 4 members (excludes halogenated alkanes) is 2. The van der Waals surface area contributed by atoms with E-state index >= 15 is 0 Å². The zero-order valence-corrected chi connectivity index (χ0v) is 35.8. The molecule has 0 unspecified atom stereocenters. The molecule has 1 heterocycles. The van der Waals surface area contributed by atoms with E-state index in [4.69, 9.17) is 24.4 Å². The van der Waals surface area contributed by atoms with Crippen LogP contribution in [0.1, 0.15) is 101 Å². The van der Waals surface area contributed by atoms with Gasteiger partial charge in [0, 0.05) is 71.4 Å². The van der Waals surface area contributed by atoms with E-state index in [0.717, 1.165) is 0 Å². The van der Waals surface area contributed by atoms with Crippen LogP contribution in [0.4, 0.5) is 0 Å². The number of carbonyl (C=O) groups is 7. The van der Waals surface area contributed by atoms with Crippen LogP contribution in [0, 0.1) is 0 Å². The average molecular weight is 815 g/mol. The Bertz CT molecular complexity index is 1260. The number of carbonyl (C=O) groups excluding carboxylic acids is 5. The SMILES string of the molecule is CC(C)(C)OC(=O)CN1CCN(CC(=O)NCCCCCC(=O)NC(CC(=O)O)CC(=O)O)CCN(CC(=O)OC(C)(C)C)CCN(CC(=O)OC(C)(C)C)CC1. The van der Waals surface area contributed by atoms with Crippen LogP contribution in [-0.4, -0.2) is 179 Å². The van der Waals surface area contributed by atoms with E-state index in [1.165, 1.54) is 0 Å². The molecule has 18 heteroatoms. The molecule has 0 bridgehead atoms. The van der Waals surface area contributed by atoms with Crippen molar-refractivity contribution in [2.75, 3.05) is 85.1 Å². The lowest BCUT2D eigenvalue weighted by Crippen LogP contribution is -2.50. The molecule has 0 saturated carbocycles. The van der Waals surface area contributed by atoms with Gasteiger partial charge >= 0.3 is 29.8 Å². The Morgan fingerprint density at radius 2 is 0.842 bits per heavy atom. The molecule has 0 aromatic heterocycles. The second-order valence-electron chi connectivity index (χ2n) is 17.5. The van der Waals surface area contributed by atoms with Gasteiger partial charge in [0.2, 0.25) is 11.8 Å². The van der Waals surface area contributed by atoms with Crippen molar-refractivity contribution in [2.45, 2.75) is 124 Å². The summed E-state index contributed by atoms with van der Waals surface area (Å²) in [6.07, 6.45) is 0.773. The Labute approximate surface area is 338 Å². The van der Waals surface area contributed by atoms with Crippen molar-refractivity contribution < 1.29 is 58.0 Å². The average Bonchev–Trinajstić information content (AvgIpc) is 3.00. The van der Waals surface area contributed by atoms with Crippen molar-refractivity contribution in [3.63, 3.8) is 0 Å². The highest BCUT2D eigenvalue weighted by Crippen LogP contribution is 2.12. The van der Waals surface area contributed by atoms with Crippen LogP contribution in [0.5, 0.6) is 0 Å². The van der Waals surface area contributed by atoms with E-state index in [2.05, 4.69) is 10.6 Å². The predicted octanol–water partition coefficient (Wildman–Crippen LogP) is 1.34. The largest absolute Gasteiger partial charge is 0.481 e. The maximum Gasteiger partial charge on any atom is 0.320 e. The lowest BCUT2D eigenvalue weighted by molar-refractivity contribution is -0.158. The first-order chi connectivity index (χ1) is 26.3. The quantitative estimate of drug-likeness (QED) is 0.0821. The van der Waals surface area contributed by atoms with Crippen LogP contribution in [0.3, 0.4) is 0 Å². The molecule has 2 amide bonds. The van der Waals surface area contributed by atoms with E-state index in [1.807, 2.05) is 19.6 Å². The first kappa shape index (κ1) is 51.1. The molecule has 0 radical (unpaired) electrons. The van der Waals surface area contributed by atoms with Gasteiger partial charge in [0.05, 0.1) is 39.0 Å². The summed E-state index contributed by atoms with van der Waals surface area (Å²) in [5.74, 6) is -4.22. The summed E-state index contributed by atoms with van der Waals surface area (Å²) < 4.78 is 16.8.